The van der Waals surface area contributed by atoms with E-state index >= 15 is 0 Å². The Morgan fingerprint density at radius 1 is 1.17 bits per heavy atom. The smallest absolute Gasteiger partial charge is 0.352 e. The van der Waals surface area contributed by atoms with E-state index in [0.717, 1.165) is 0 Å². The Bertz CT molecular complexity index is 1020. The monoisotopic (exact) mass is 408 g/mol. The van der Waals surface area contributed by atoms with E-state index in [0.29, 0.717) is 28.1 Å². The largest absolute Gasteiger partial charge is 0.389 e. The molecule has 29 heavy (non-hydrogen) atoms. The summed E-state index contributed by atoms with van der Waals surface area (Å²) >= 11 is 0. The molecule has 0 saturated heterocycles. The van der Waals surface area contributed by atoms with Crippen molar-refractivity contribution in [3.63, 3.8) is 0 Å². The van der Waals surface area contributed by atoms with Crippen molar-refractivity contribution in [1.82, 2.24) is 30.4 Å². The number of carbonyl (C=O) groups excluding carboxylic acids is 2. The van der Waals surface area contributed by atoms with Gasteiger partial charge in [-0.1, -0.05) is 6.07 Å². The van der Waals surface area contributed by atoms with Gasteiger partial charge >= 0.3 is 6.18 Å². The number of hydrogen-bond acceptors (Lipinski definition) is 4. The summed E-state index contributed by atoms with van der Waals surface area (Å²) in [4.78, 5) is 31.1. The maximum atomic E-state index is 12.1. The van der Waals surface area contributed by atoms with Gasteiger partial charge in [-0.05, 0) is 23.8 Å². The minimum atomic E-state index is -4.35. The van der Waals surface area contributed by atoms with E-state index in [1.54, 1.807) is 31.3 Å². The van der Waals surface area contributed by atoms with Crippen molar-refractivity contribution < 1.29 is 22.8 Å². The number of aromatic nitrogens is 4. The number of nitrogens with zero attached hydrogens (tertiary/aromatic N) is 3. The highest BCUT2D eigenvalue weighted by Gasteiger charge is 2.27. The van der Waals surface area contributed by atoms with Gasteiger partial charge in [0.15, 0.2) is 0 Å². The summed E-state index contributed by atoms with van der Waals surface area (Å²) in [5.74, 6) is -0.403. The minimum Gasteiger partial charge on any atom is -0.352 e. The normalized spacial score (nSPS) is 11.6. The summed E-state index contributed by atoms with van der Waals surface area (Å²) < 4.78 is 37.9. The Morgan fingerprint density at radius 2 is 1.97 bits per heavy atom. The molecule has 0 aliphatic carbocycles. The van der Waals surface area contributed by atoms with E-state index in [4.69, 9.17) is 0 Å². The van der Waals surface area contributed by atoms with Crippen molar-refractivity contribution in [3.8, 4) is 0 Å². The molecule has 2 heterocycles. The SMILES string of the molecule is Cn1nccc1C(=O)NCc1nc2ccc(CNC(=O)CCC(F)(F)F)cc2[nH]1. The van der Waals surface area contributed by atoms with Crippen LogP contribution in [0, 0.1) is 0 Å². The van der Waals surface area contributed by atoms with Gasteiger partial charge < -0.3 is 15.6 Å². The molecule has 2 amide bonds. The molecule has 0 spiro atoms. The number of amides is 2. The highest BCUT2D eigenvalue weighted by molar-refractivity contribution is 5.92. The first-order valence-corrected chi connectivity index (χ1v) is 8.78. The number of aromatic amines is 1. The zero-order valence-corrected chi connectivity index (χ0v) is 15.5. The van der Waals surface area contributed by atoms with Gasteiger partial charge in [0.25, 0.3) is 5.91 Å². The number of halogens is 3. The number of fused-ring (bicyclic) bond motifs is 1. The van der Waals surface area contributed by atoms with Gasteiger partial charge in [-0.15, -0.1) is 0 Å². The maximum absolute atomic E-state index is 12.1. The second-order valence-corrected chi connectivity index (χ2v) is 6.45. The number of aryl methyl sites for hydroxylation is 1. The molecule has 154 valence electrons. The summed E-state index contributed by atoms with van der Waals surface area (Å²) in [6.07, 6.45) is -4.57. The molecule has 0 aliphatic heterocycles. The van der Waals surface area contributed by atoms with Crippen LogP contribution >= 0.6 is 0 Å². The highest BCUT2D eigenvalue weighted by Crippen LogP contribution is 2.21. The molecule has 3 rings (SSSR count). The molecule has 2 aromatic heterocycles. The van der Waals surface area contributed by atoms with Crippen molar-refractivity contribution in [3.05, 3.63) is 47.5 Å². The van der Waals surface area contributed by atoms with Crippen LogP contribution in [0.25, 0.3) is 11.0 Å². The number of H-pyrrole nitrogens is 1. The molecule has 0 unspecified atom stereocenters. The van der Waals surface area contributed by atoms with Crippen LogP contribution in [0.3, 0.4) is 0 Å². The summed E-state index contributed by atoms with van der Waals surface area (Å²) in [5.41, 5.74) is 2.50. The van der Waals surface area contributed by atoms with E-state index < -0.39 is 24.9 Å². The molecular formula is C18H19F3N6O2. The van der Waals surface area contributed by atoms with Gasteiger partial charge in [0.1, 0.15) is 11.5 Å². The van der Waals surface area contributed by atoms with Crippen molar-refractivity contribution in [1.29, 1.82) is 0 Å². The molecule has 0 fully saturated rings. The maximum Gasteiger partial charge on any atom is 0.389 e. The fourth-order valence-corrected chi connectivity index (χ4v) is 2.70. The second kappa shape index (κ2) is 8.33. The first-order valence-electron chi connectivity index (χ1n) is 8.78. The fourth-order valence-electron chi connectivity index (χ4n) is 2.70. The van der Waals surface area contributed by atoms with Gasteiger partial charge in [-0.25, -0.2) is 4.98 Å². The molecule has 3 aromatic rings. The van der Waals surface area contributed by atoms with Gasteiger partial charge in [0, 0.05) is 26.2 Å². The Balaban J connectivity index is 1.56. The molecule has 11 heteroatoms. The number of rotatable bonds is 7. The van der Waals surface area contributed by atoms with Crippen LogP contribution in [0.2, 0.25) is 0 Å². The van der Waals surface area contributed by atoms with Crippen LogP contribution < -0.4 is 10.6 Å². The predicted molar refractivity (Wildman–Crippen MR) is 97.6 cm³/mol. The van der Waals surface area contributed by atoms with Crippen LogP contribution in [0.4, 0.5) is 13.2 Å². The summed E-state index contributed by atoms with van der Waals surface area (Å²) in [6.45, 7) is 0.292. The Kier molecular flexibility index (Phi) is 5.85. The zero-order valence-electron chi connectivity index (χ0n) is 15.5. The molecule has 3 N–H and O–H groups in total. The molecule has 0 bridgehead atoms. The number of carbonyl (C=O) groups is 2. The molecule has 1 aromatic carbocycles. The zero-order chi connectivity index (χ0) is 21.0. The number of imidazole rings is 1. The molecule has 0 aliphatic rings. The summed E-state index contributed by atoms with van der Waals surface area (Å²) in [7, 11) is 1.67. The van der Waals surface area contributed by atoms with Crippen LogP contribution in [0.1, 0.15) is 34.7 Å². The van der Waals surface area contributed by atoms with E-state index in [2.05, 4.69) is 25.7 Å². The quantitative estimate of drug-likeness (QED) is 0.557. The molecule has 0 saturated carbocycles. The number of hydrogen-bond donors (Lipinski definition) is 3. The van der Waals surface area contributed by atoms with Gasteiger partial charge in [-0.3, -0.25) is 14.3 Å². The average molecular weight is 408 g/mol. The molecule has 0 atom stereocenters. The predicted octanol–water partition coefficient (Wildman–Crippen LogP) is 2.19. The van der Waals surface area contributed by atoms with Crippen LogP contribution in [0.15, 0.2) is 30.5 Å². The van der Waals surface area contributed by atoms with Crippen molar-refractivity contribution >= 4 is 22.8 Å². The third-order valence-corrected chi connectivity index (χ3v) is 4.19. The number of nitrogens with one attached hydrogen (secondary N) is 3. The lowest BCUT2D eigenvalue weighted by Crippen LogP contribution is -2.25. The average Bonchev–Trinajstić information content (AvgIpc) is 3.27. The van der Waals surface area contributed by atoms with Gasteiger partial charge in [0.05, 0.1) is 24.0 Å². The number of benzene rings is 1. The number of alkyl halides is 3. The van der Waals surface area contributed by atoms with E-state index in [1.807, 2.05) is 0 Å². The summed E-state index contributed by atoms with van der Waals surface area (Å²) in [6, 6.07) is 6.81. The fraction of sp³-hybridized carbons (Fsp3) is 0.333. The van der Waals surface area contributed by atoms with Crippen molar-refractivity contribution in [2.45, 2.75) is 32.1 Å². The lowest BCUT2D eigenvalue weighted by Gasteiger charge is -2.07. The Labute approximate surface area is 163 Å². The van der Waals surface area contributed by atoms with Gasteiger partial charge in [-0.2, -0.15) is 18.3 Å². The first-order chi connectivity index (χ1) is 13.7. The van der Waals surface area contributed by atoms with Gasteiger partial charge in [0.2, 0.25) is 5.91 Å². The van der Waals surface area contributed by atoms with E-state index in [1.165, 1.54) is 10.9 Å². The Morgan fingerprint density at radius 3 is 2.66 bits per heavy atom. The van der Waals surface area contributed by atoms with Crippen molar-refractivity contribution in [2.24, 2.45) is 7.05 Å². The Hall–Kier alpha value is -3.37. The third kappa shape index (κ3) is 5.56. The highest BCUT2D eigenvalue weighted by atomic mass is 19.4. The van der Waals surface area contributed by atoms with Crippen LogP contribution in [-0.4, -0.2) is 37.7 Å². The van der Waals surface area contributed by atoms with Crippen LogP contribution in [-0.2, 0) is 24.9 Å². The molecule has 0 radical (unpaired) electrons. The minimum absolute atomic E-state index is 0.109. The van der Waals surface area contributed by atoms with E-state index in [9.17, 15) is 22.8 Å². The molecular weight excluding hydrogens is 389 g/mol. The first kappa shape index (κ1) is 20.4. The molecule has 8 nitrogen and oxygen atoms in total. The third-order valence-electron chi connectivity index (χ3n) is 4.19. The lowest BCUT2D eigenvalue weighted by atomic mass is 10.2. The lowest BCUT2D eigenvalue weighted by molar-refractivity contribution is -0.144. The summed E-state index contributed by atoms with van der Waals surface area (Å²) in [5, 5.41) is 9.14. The second-order valence-electron chi connectivity index (χ2n) is 6.45. The van der Waals surface area contributed by atoms with Crippen LogP contribution in [0.5, 0.6) is 0 Å². The van der Waals surface area contributed by atoms with E-state index in [-0.39, 0.29) is 19.0 Å². The van der Waals surface area contributed by atoms with Crippen molar-refractivity contribution in [2.75, 3.05) is 0 Å². The standard InChI is InChI=1S/C18H19F3N6O2/c1-27-14(5-7-24-27)17(29)23-10-15-25-12-3-2-11(8-13(12)26-15)9-22-16(28)4-6-18(19,20)21/h2-3,5,7-8H,4,6,9-10H2,1H3,(H,22,28)(H,23,29)(H,25,26). The topological polar surface area (TPSA) is 105 Å².